The van der Waals surface area contributed by atoms with Crippen LogP contribution in [0, 0.1) is 6.92 Å². The van der Waals surface area contributed by atoms with Crippen molar-refractivity contribution >= 4 is 5.91 Å². The molecule has 20 heavy (non-hydrogen) atoms. The van der Waals surface area contributed by atoms with Crippen molar-refractivity contribution in [3.05, 3.63) is 42.0 Å². The van der Waals surface area contributed by atoms with Gasteiger partial charge in [0.1, 0.15) is 11.6 Å². The minimum absolute atomic E-state index is 0.0271. The van der Waals surface area contributed by atoms with Gasteiger partial charge in [-0.3, -0.25) is 4.79 Å². The number of fused-ring (bicyclic) bond motifs is 1. The first kappa shape index (κ1) is 12.7. The third-order valence-electron chi connectivity index (χ3n) is 3.40. The van der Waals surface area contributed by atoms with Gasteiger partial charge < -0.3 is 14.2 Å². The number of carbonyl (C=O) groups is 1. The molecule has 1 aromatic heterocycles. The average Bonchev–Trinajstić information content (AvgIpc) is 2.87. The first-order valence-electron chi connectivity index (χ1n) is 6.58. The van der Waals surface area contributed by atoms with E-state index in [1.165, 1.54) is 0 Å². The second-order valence-corrected chi connectivity index (χ2v) is 4.73. The number of nitrogens with zero attached hydrogens (tertiary/aromatic N) is 4. The maximum Gasteiger partial charge on any atom is 0.260 e. The van der Waals surface area contributed by atoms with Gasteiger partial charge >= 0.3 is 0 Å². The first-order valence-corrected chi connectivity index (χ1v) is 6.58. The van der Waals surface area contributed by atoms with Crippen LogP contribution in [0.5, 0.6) is 5.75 Å². The number of hydrogen-bond acceptors (Lipinski definition) is 4. The fraction of sp³-hybridized carbons (Fsp3) is 0.357. The summed E-state index contributed by atoms with van der Waals surface area (Å²) in [6, 6.07) is 9.35. The zero-order valence-corrected chi connectivity index (χ0v) is 11.3. The third kappa shape index (κ3) is 2.49. The molecule has 2 aromatic rings. The smallest absolute Gasteiger partial charge is 0.260 e. The fourth-order valence-corrected chi connectivity index (χ4v) is 2.27. The van der Waals surface area contributed by atoms with Gasteiger partial charge in [0, 0.05) is 13.1 Å². The second-order valence-electron chi connectivity index (χ2n) is 4.73. The minimum Gasteiger partial charge on any atom is -0.484 e. The molecule has 6 heteroatoms. The largest absolute Gasteiger partial charge is 0.484 e. The van der Waals surface area contributed by atoms with E-state index in [4.69, 9.17) is 4.74 Å². The van der Waals surface area contributed by atoms with Crippen molar-refractivity contribution in [1.29, 1.82) is 0 Å². The Morgan fingerprint density at radius 3 is 2.85 bits per heavy atom. The Balaban J connectivity index is 1.59. The van der Waals surface area contributed by atoms with Crippen molar-refractivity contribution in [2.45, 2.75) is 20.0 Å². The molecular formula is C14H16N4O2. The molecule has 0 fully saturated rings. The predicted octanol–water partition coefficient (Wildman–Crippen LogP) is 1.01. The van der Waals surface area contributed by atoms with E-state index in [0.29, 0.717) is 18.8 Å². The molecule has 0 spiro atoms. The van der Waals surface area contributed by atoms with E-state index in [-0.39, 0.29) is 12.5 Å². The number of benzene rings is 1. The Morgan fingerprint density at radius 2 is 2.05 bits per heavy atom. The first-order chi connectivity index (χ1) is 9.74. The van der Waals surface area contributed by atoms with Gasteiger partial charge in [-0.25, -0.2) is 0 Å². The molecule has 0 bridgehead atoms. The zero-order valence-electron chi connectivity index (χ0n) is 11.3. The van der Waals surface area contributed by atoms with Gasteiger partial charge in [-0.2, -0.15) is 0 Å². The highest BCUT2D eigenvalue weighted by molar-refractivity contribution is 5.77. The van der Waals surface area contributed by atoms with E-state index >= 15 is 0 Å². The molecule has 0 aliphatic carbocycles. The Bertz CT molecular complexity index is 609. The van der Waals surface area contributed by atoms with Crippen LogP contribution in [0.3, 0.4) is 0 Å². The van der Waals surface area contributed by atoms with Crippen LogP contribution in [0.4, 0.5) is 0 Å². The van der Waals surface area contributed by atoms with E-state index in [2.05, 4.69) is 10.2 Å². The van der Waals surface area contributed by atoms with Crippen LogP contribution in [0.15, 0.2) is 30.3 Å². The Morgan fingerprint density at radius 1 is 1.25 bits per heavy atom. The highest BCUT2D eigenvalue weighted by atomic mass is 16.5. The van der Waals surface area contributed by atoms with E-state index in [0.717, 1.165) is 18.2 Å². The molecule has 0 saturated carbocycles. The lowest BCUT2D eigenvalue weighted by Gasteiger charge is -2.27. The summed E-state index contributed by atoms with van der Waals surface area (Å²) >= 11 is 0. The summed E-state index contributed by atoms with van der Waals surface area (Å²) in [7, 11) is 0. The summed E-state index contributed by atoms with van der Waals surface area (Å²) < 4.78 is 7.52. The van der Waals surface area contributed by atoms with Crippen LogP contribution in [-0.2, 0) is 17.9 Å². The quantitative estimate of drug-likeness (QED) is 0.836. The number of rotatable bonds is 3. The molecule has 1 aliphatic heterocycles. The van der Waals surface area contributed by atoms with E-state index in [1.807, 2.05) is 41.8 Å². The summed E-state index contributed by atoms with van der Waals surface area (Å²) in [6.45, 7) is 3.88. The van der Waals surface area contributed by atoms with Crippen molar-refractivity contribution in [1.82, 2.24) is 19.7 Å². The van der Waals surface area contributed by atoms with Crippen LogP contribution < -0.4 is 4.74 Å². The number of hydrogen-bond donors (Lipinski definition) is 0. The van der Waals surface area contributed by atoms with Gasteiger partial charge in [0.25, 0.3) is 5.91 Å². The zero-order chi connectivity index (χ0) is 13.9. The van der Waals surface area contributed by atoms with E-state index in [9.17, 15) is 4.79 Å². The minimum atomic E-state index is -0.0271. The summed E-state index contributed by atoms with van der Waals surface area (Å²) in [5, 5.41) is 8.11. The standard InChI is InChI=1S/C14H16N4O2/c1-11-15-16-13-9-17(7-8-18(11)13)14(19)10-20-12-5-3-2-4-6-12/h2-6H,7-10H2,1H3. The van der Waals surface area contributed by atoms with Crippen LogP contribution in [0.1, 0.15) is 11.6 Å². The molecule has 0 radical (unpaired) electrons. The second kappa shape index (κ2) is 5.32. The predicted molar refractivity (Wildman–Crippen MR) is 72.1 cm³/mol. The number of amides is 1. The van der Waals surface area contributed by atoms with Gasteiger partial charge in [-0.05, 0) is 19.1 Å². The Kier molecular flexibility index (Phi) is 3.37. The lowest BCUT2D eigenvalue weighted by molar-refractivity contribution is -0.134. The number of para-hydroxylation sites is 1. The maximum absolute atomic E-state index is 12.1. The molecule has 1 amide bonds. The number of aryl methyl sites for hydroxylation is 1. The number of carbonyl (C=O) groups excluding carboxylic acids is 1. The monoisotopic (exact) mass is 272 g/mol. The topological polar surface area (TPSA) is 60.2 Å². The Hall–Kier alpha value is -2.37. The van der Waals surface area contributed by atoms with Crippen molar-refractivity contribution in [3.63, 3.8) is 0 Å². The van der Waals surface area contributed by atoms with Crippen molar-refractivity contribution in [2.75, 3.05) is 13.2 Å². The fourth-order valence-electron chi connectivity index (χ4n) is 2.27. The van der Waals surface area contributed by atoms with Gasteiger partial charge in [0.15, 0.2) is 12.4 Å². The van der Waals surface area contributed by atoms with Gasteiger partial charge in [-0.15, -0.1) is 10.2 Å². The molecule has 3 rings (SSSR count). The molecule has 6 nitrogen and oxygen atoms in total. The van der Waals surface area contributed by atoms with Gasteiger partial charge in [-0.1, -0.05) is 18.2 Å². The lowest BCUT2D eigenvalue weighted by atomic mass is 10.3. The Labute approximate surface area is 117 Å². The average molecular weight is 272 g/mol. The normalized spacial score (nSPS) is 13.9. The number of ether oxygens (including phenoxy) is 1. The van der Waals surface area contributed by atoms with E-state index in [1.54, 1.807) is 4.90 Å². The highest BCUT2D eigenvalue weighted by Crippen LogP contribution is 2.13. The molecule has 0 N–H and O–H groups in total. The molecule has 0 saturated heterocycles. The number of aromatic nitrogens is 3. The molecular weight excluding hydrogens is 256 g/mol. The highest BCUT2D eigenvalue weighted by Gasteiger charge is 2.23. The molecule has 0 unspecified atom stereocenters. The van der Waals surface area contributed by atoms with Crippen molar-refractivity contribution < 1.29 is 9.53 Å². The SMILES string of the molecule is Cc1nnc2n1CCN(C(=O)COc1ccccc1)C2. The van der Waals surface area contributed by atoms with Crippen LogP contribution in [0.2, 0.25) is 0 Å². The van der Waals surface area contributed by atoms with Crippen LogP contribution >= 0.6 is 0 Å². The third-order valence-corrected chi connectivity index (χ3v) is 3.40. The van der Waals surface area contributed by atoms with Crippen molar-refractivity contribution in [3.8, 4) is 5.75 Å². The van der Waals surface area contributed by atoms with E-state index < -0.39 is 0 Å². The summed E-state index contributed by atoms with van der Waals surface area (Å²) in [6.07, 6.45) is 0. The maximum atomic E-state index is 12.1. The van der Waals surface area contributed by atoms with Crippen LogP contribution in [-0.4, -0.2) is 38.7 Å². The lowest BCUT2D eigenvalue weighted by Crippen LogP contribution is -2.41. The summed E-state index contributed by atoms with van der Waals surface area (Å²) in [4.78, 5) is 13.9. The van der Waals surface area contributed by atoms with Crippen molar-refractivity contribution in [2.24, 2.45) is 0 Å². The molecule has 104 valence electrons. The summed E-state index contributed by atoms with van der Waals surface area (Å²) in [5.41, 5.74) is 0. The summed E-state index contributed by atoms with van der Waals surface area (Å²) in [5.74, 6) is 2.41. The molecule has 1 aromatic carbocycles. The van der Waals surface area contributed by atoms with Crippen LogP contribution in [0.25, 0.3) is 0 Å². The van der Waals surface area contributed by atoms with Gasteiger partial charge in [0.2, 0.25) is 0 Å². The van der Waals surface area contributed by atoms with Gasteiger partial charge in [0.05, 0.1) is 6.54 Å². The molecule has 1 aliphatic rings. The molecule has 0 atom stereocenters. The molecule has 2 heterocycles.